The van der Waals surface area contributed by atoms with Crippen molar-refractivity contribution in [2.24, 2.45) is 5.84 Å². The van der Waals surface area contributed by atoms with Gasteiger partial charge in [-0.25, -0.2) is 15.6 Å². The van der Waals surface area contributed by atoms with E-state index < -0.39 is 24.3 Å². The van der Waals surface area contributed by atoms with Crippen molar-refractivity contribution in [3.05, 3.63) is 35.9 Å². The van der Waals surface area contributed by atoms with Crippen LogP contribution in [0.25, 0.3) is 0 Å². The maximum atomic E-state index is 11.9. The molecule has 0 heterocycles. The highest BCUT2D eigenvalue weighted by Gasteiger charge is 2.38. The van der Waals surface area contributed by atoms with Crippen molar-refractivity contribution >= 4 is 17.8 Å². The number of carbonyl (C=O) groups excluding carboxylic acids is 2. The van der Waals surface area contributed by atoms with Gasteiger partial charge in [-0.15, -0.1) is 0 Å². The van der Waals surface area contributed by atoms with Crippen molar-refractivity contribution < 1.29 is 19.5 Å². The van der Waals surface area contributed by atoms with E-state index in [2.05, 4.69) is 17.4 Å². The molecule has 0 atom stereocenters. The summed E-state index contributed by atoms with van der Waals surface area (Å²) in [7, 11) is 0. The highest BCUT2D eigenvalue weighted by atomic mass is 16.4. The van der Waals surface area contributed by atoms with Crippen LogP contribution in [0.15, 0.2) is 30.3 Å². The second kappa shape index (κ2) is 7.23. The van der Waals surface area contributed by atoms with E-state index >= 15 is 0 Å². The van der Waals surface area contributed by atoms with Gasteiger partial charge in [0.25, 0.3) is 0 Å². The van der Waals surface area contributed by atoms with Gasteiger partial charge in [0.15, 0.2) is 5.78 Å². The van der Waals surface area contributed by atoms with E-state index in [0.717, 1.165) is 19.3 Å². The van der Waals surface area contributed by atoms with Crippen molar-refractivity contribution in [3.63, 3.8) is 0 Å². The largest absolute Gasteiger partial charge is 0.464 e. The Bertz CT molecular complexity index is 584. The third-order valence-electron chi connectivity index (χ3n) is 4.27. The van der Waals surface area contributed by atoms with Crippen LogP contribution in [0.1, 0.15) is 31.2 Å². The topological polar surface area (TPSA) is 113 Å². The van der Waals surface area contributed by atoms with Crippen LogP contribution >= 0.6 is 0 Å². The first-order valence-electron chi connectivity index (χ1n) is 7.52. The van der Waals surface area contributed by atoms with E-state index in [9.17, 15) is 14.4 Å². The molecular weight excluding hydrogens is 298 g/mol. The van der Waals surface area contributed by atoms with E-state index in [1.54, 1.807) is 0 Å². The summed E-state index contributed by atoms with van der Waals surface area (Å²) < 4.78 is 0. The molecule has 0 radical (unpaired) electrons. The molecule has 23 heavy (non-hydrogen) atoms. The number of hydrogen-bond acceptors (Lipinski definition) is 4. The maximum absolute atomic E-state index is 11.9. The number of hydrogen-bond donors (Lipinski definition) is 3. The Labute approximate surface area is 134 Å². The van der Waals surface area contributed by atoms with Gasteiger partial charge in [-0.3, -0.25) is 9.59 Å². The normalized spacial score (nSPS) is 15.3. The number of nitrogens with two attached hydrogens (primary N) is 1. The fraction of sp³-hybridized carbons (Fsp3) is 0.438. The predicted octanol–water partition coefficient (Wildman–Crippen LogP) is 1.04. The molecule has 0 bridgehead atoms. The van der Waals surface area contributed by atoms with Crippen molar-refractivity contribution in [1.82, 2.24) is 10.3 Å². The molecule has 0 aromatic heterocycles. The summed E-state index contributed by atoms with van der Waals surface area (Å²) in [6, 6.07) is 10.0. The van der Waals surface area contributed by atoms with Crippen molar-refractivity contribution in [3.8, 4) is 0 Å². The fourth-order valence-electron chi connectivity index (χ4n) is 2.79. The van der Waals surface area contributed by atoms with Crippen LogP contribution in [0.3, 0.4) is 0 Å². The lowest BCUT2D eigenvalue weighted by molar-refractivity contribution is -0.128. The molecule has 1 aromatic carbocycles. The summed E-state index contributed by atoms with van der Waals surface area (Å²) in [5.41, 5.74) is 1.14. The second-order valence-corrected chi connectivity index (χ2v) is 5.90. The first-order chi connectivity index (χ1) is 10.9. The molecule has 2 amide bonds. The number of Topliss-reactive ketones (excluding diaryl/α,β-unsaturated/α-hetero) is 1. The number of rotatable bonds is 7. The molecule has 0 aliphatic heterocycles. The van der Waals surface area contributed by atoms with Gasteiger partial charge >= 0.3 is 6.09 Å². The van der Waals surface area contributed by atoms with E-state index in [1.807, 2.05) is 18.2 Å². The minimum absolute atomic E-state index is 0.0546. The highest BCUT2D eigenvalue weighted by molar-refractivity contribution is 5.99. The van der Waals surface area contributed by atoms with Crippen molar-refractivity contribution in [2.75, 3.05) is 13.1 Å². The molecule has 1 fully saturated rings. The van der Waals surface area contributed by atoms with E-state index in [1.165, 1.54) is 5.56 Å². The number of amides is 2. The zero-order valence-corrected chi connectivity index (χ0v) is 12.8. The molecule has 1 saturated carbocycles. The highest BCUT2D eigenvalue weighted by Crippen LogP contribution is 2.43. The average Bonchev–Trinajstić information content (AvgIpc) is 2.46. The monoisotopic (exact) mass is 319 g/mol. The number of benzene rings is 1. The summed E-state index contributed by atoms with van der Waals surface area (Å²) in [6.45, 7) is -0.0129. The Morgan fingerprint density at radius 1 is 1.22 bits per heavy atom. The van der Waals surface area contributed by atoms with Crippen molar-refractivity contribution in [2.45, 2.75) is 31.1 Å². The second-order valence-electron chi connectivity index (χ2n) is 5.90. The van der Waals surface area contributed by atoms with Gasteiger partial charge < -0.3 is 10.4 Å². The van der Waals surface area contributed by atoms with Crippen LogP contribution in [0, 0.1) is 0 Å². The van der Waals surface area contributed by atoms with Crippen LogP contribution in [0.4, 0.5) is 4.79 Å². The summed E-state index contributed by atoms with van der Waals surface area (Å²) in [5, 5.41) is 11.7. The Kier molecular flexibility index (Phi) is 5.33. The lowest BCUT2D eigenvalue weighted by Crippen LogP contribution is -2.46. The molecular formula is C16H21N3O4. The summed E-state index contributed by atoms with van der Waals surface area (Å²) in [6.07, 6.45) is 1.34. The zero-order valence-electron chi connectivity index (χ0n) is 12.8. The summed E-state index contributed by atoms with van der Waals surface area (Å²) >= 11 is 0. The van der Waals surface area contributed by atoms with Gasteiger partial charge in [-0.2, -0.15) is 0 Å². The zero-order chi connectivity index (χ0) is 16.9. The van der Waals surface area contributed by atoms with Crippen LogP contribution in [0.5, 0.6) is 0 Å². The van der Waals surface area contributed by atoms with Gasteiger partial charge in [0.1, 0.15) is 0 Å². The molecule has 0 unspecified atom stereocenters. The summed E-state index contributed by atoms with van der Waals surface area (Å²) in [4.78, 5) is 34.0. The molecule has 1 aliphatic rings. The number of carboxylic acid groups (broad SMARTS) is 1. The predicted molar refractivity (Wildman–Crippen MR) is 83.5 cm³/mol. The Morgan fingerprint density at radius 3 is 2.39 bits per heavy atom. The smallest absolute Gasteiger partial charge is 0.422 e. The molecule has 4 N–H and O–H groups in total. The van der Waals surface area contributed by atoms with Gasteiger partial charge in [0.2, 0.25) is 5.91 Å². The SMILES string of the molecule is NN(CC(=O)CC(=O)NCC1(c2ccccc2)CCC1)C(=O)O. The first-order valence-corrected chi connectivity index (χ1v) is 7.52. The number of nitrogens with one attached hydrogen (secondary N) is 1. The molecule has 7 nitrogen and oxygen atoms in total. The molecule has 1 aliphatic carbocycles. The molecule has 1 aromatic rings. The van der Waals surface area contributed by atoms with E-state index in [-0.39, 0.29) is 11.8 Å². The minimum Gasteiger partial charge on any atom is -0.464 e. The minimum atomic E-state index is -1.41. The van der Waals surface area contributed by atoms with E-state index in [4.69, 9.17) is 10.9 Å². The standard InChI is InChI=1S/C16H21N3O4/c17-19(15(22)23)10-13(20)9-14(21)18-11-16(7-4-8-16)12-5-2-1-3-6-12/h1-3,5-6H,4,7-11,17H2,(H,18,21)(H,22,23). The Balaban J connectivity index is 1.84. The average molecular weight is 319 g/mol. The third-order valence-corrected chi connectivity index (χ3v) is 4.27. The van der Waals surface area contributed by atoms with Crippen molar-refractivity contribution in [1.29, 1.82) is 0 Å². The van der Waals surface area contributed by atoms with Crippen LogP contribution < -0.4 is 11.2 Å². The van der Waals surface area contributed by atoms with Crippen LogP contribution in [0.2, 0.25) is 0 Å². The maximum Gasteiger partial charge on any atom is 0.422 e. The molecule has 7 heteroatoms. The Morgan fingerprint density at radius 2 is 1.87 bits per heavy atom. The Hall–Kier alpha value is -2.41. The van der Waals surface area contributed by atoms with Gasteiger partial charge in [0, 0.05) is 12.0 Å². The lowest BCUT2D eigenvalue weighted by Gasteiger charge is -2.42. The molecule has 2 rings (SSSR count). The number of carbonyl (C=O) groups is 3. The van der Waals surface area contributed by atoms with Crippen LogP contribution in [-0.4, -0.2) is 41.0 Å². The third kappa shape index (κ3) is 4.29. The number of hydrazine groups is 1. The quantitative estimate of drug-likeness (QED) is 0.301. The van der Waals surface area contributed by atoms with Gasteiger partial charge in [-0.05, 0) is 18.4 Å². The molecule has 124 valence electrons. The molecule has 0 spiro atoms. The first kappa shape index (κ1) is 17.0. The lowest BCUT2D eigenvalue weighted by atomic mass is 9.64. The van der Waals surface area contributed by atoms with Gasteiger partial charge in [-0.1, -0.05) is 36.8 Å². The van der Waals surface area contributed by atoms with Gasteiger partial charge in [0.05, 0.1) is 13.0 Å². The number of ketones is 1. The molecule has 0 saturated heterocycles. The number of nitrogens with zero attached hydrogens (tertiary/aromatic N) is 1. The van der Waals surface area contributed by atoms with Crippen LogP contribution in [-0.2, 0) is 15.0 Å². The fourth-order valence-corrected chi connectivity index (χ4v) is 2.79. The summed E-state index contributed by atoms with van der Waals surface area (Å²) in [5.74, 6) is 4.19. The van der Waals surface area contributed by atoms with E-state index in [0.29, 0.717) is 11.6 Å².